The molecule has 0 bridgehead atoms. The number of aromatic nitrogens is 2. The molecular formula is C26H32N4O2. The number of likely N-dealkylation sites (tertiary alicyclic amines) is 1. The Morgan fingerprint density at radius 2 is 1.69 bits per heavy atom. The topological polar surface area (TPSA) is 67.2 Å². The van der Waals surface area contributed by atoms with E-state index in [0.717, 1.165) is 30.9 Å². The number of amides is 1. The molecule has 0 atom stereocenters. The molecule has 6 heteroatoms. The summed E-state index contributed by atoms with van der Waals surface area (Å²) in [6.45, 7) is 6.73. The lowest BCUT2D eigenvalue weighted by molar-refractivity contribution is 0.0946. The van der Waals surface area contributed by atoms with Crippen LogP contribution in [-0.4, -0.2) is 46.8 Å². The molecule has 0 aliphatic carbocycles. The Labute approximate surface area is 189 Å². The van der Waals surface area contributed by atoms with Gasteiger partial charge in [0.1, 0.15) is 0 Å². The average Bonchev–Trinajstić information content (AvgIpc) is 2.82. The predicted octanol–water partition coefficient (Wildman–Crippen LogP) is 3.69. The molecule has 0 saturated carbocycles. The van der Waals surface area contributed by atoms with E-state index < -0.39 is 0 Å². The van der Waals surface area contributed by atoms with Gasteiger partial charge in [-0.05, 0) is 62.9 Å². The minimum Gasteiger partial charge on any atom is -0.351 e. The third-order valence-corrected chi connectivity index (χ3v) is 6.32. The number of rotatable bonds is 8. The van der Waals surface area contributed by atoms with Crippen molar-refractivity contribution in [3.63, 3.8) is 0 Å². The standard InChI is InChI=1S/C26H32N4O2/c1-20-13-17-29(18-14-20)16-8-7-15-27-25(31)24-22-11-5-6-12-23(22)26(32)30(28-24)19-21-9-3-2-4-10-21/h2-6,9-12,20H,7-8,13-19H2,1H3,(H,27,31). The number of hydrogen-bond acceptors (Lipinski definition) is 4. The highest BCUT2D eigenvalue weighted by Gasteiger charge is 2.17. The molecule has 1 N–H and O–H groups in total. The van der Waals surface area contributed by atoms with Crippen LogP contribution in [0.5, 0.6) is 0 Å². The van der Waals surface area contributed by atoms with Gasteiger partial charge in [0, 0.05) is 11.9 Å². The molecule has 1 aliphatic rings. The number of carbonyl (C=O) groups excluding carboxylic acids is 1. The van der Waals surface area contributed by atoms with Crippen molar-refractivity contribution in [1.82, 2.24) is 20.0 Å². The first kappa shape index (κ1) is 22.2. The molecule has 4 rings (SSSR count). The summed E-state index contributed by atoms with van der Waals surface area (Å²) in [6, 6.07) is 16.9. The number of nitrogens with one attached hydrogen (secondary N) is 1. The molecule has 1 fully saturated rings. The van der Waals surface area contributed by atoms with Gasteiger partial charge >= 0.3 is 0 Å². The Bertz CT molecular complexity index is 1100. The van der Waals surface area contributed by atoms with E-state index >= 15 is 0 Å². The molecule has 0 radical (unpaired) electrons. The number of piperidine rings is 1. The van der Waals surface area contributed by atoms with Crippen molar-refractivity contribution >= 4 is 16.7 Å². The predicted molar refractivity (Wildman–Crippen MR) is 128 cm³/mol. The highest BCUT2D eigenvalue weighted by atomic mass is 16.2. The van der Waals surface area contributed by atoms with Gasteiger partial charge < -0.3 is 10.2 Å². The van der Waals surface area contributed by atoms with E-state index in [0.29, 0.717) is 29.6 Å². The molecule has 0 spiro atoms. The van der Waals surface area contributed by atoms with Crippen molar-refractivity contribution in [1.29, 1.82) is 0 Å². The van der Waals surface area contributed by atoms with Crippen LogP contribution in [-0.2, 0) is 6.54 Å². The van der Waals surface area contributed by atoms with Crippen LogP contribution in [0.3, 0.4) is 0 Å². The lowest BCUT2D eigenvalue weighted by Crippen LogP contribution is -2.34. The zero-order valence-corrected chi connectivity index (χ0v) is 18.8. The van der Waals surface area contributed by atoms with Crippen LogP contribution in [0.15, 0.2) is 59.4 Å². The van der Waals surface area contributed by atoms with E-state index in [-0.39, 0.29) is 11.5 Å². The van der Waals surface area contributed by atoms with E-state index in [1.165, 1.54) is 30.6 Å². The molecule has 3 aromatic rings. The molecule has 168 valence electrons. The minimum atomic E-state index is -0.227. The second-order valence-electron chi connectivity index (χ2n) is 8.83. The van der Waals surface area contributed by atoms with Gasteiger partial charge in [0.2, 0.25) is 0 Å². The fraction of sp³-hybridized carbons (Fsp3) is 0.423. The van der Waals surface area contributed by atoms with Gasteiger partial charge in [0.05, 0.1) is 11.9 Å². The van der Waals surface area contributed by atoms with Crippen LogP contribution < -0.4 is 10.9 Å². The van der Waals surface area contributed by atoms with Crippen LogP contribution in [0, 0.1) is 5.92 Å². The van der Waals surface area contributed by atoms with E-state index in [1.807, 2.05) is 42.5 Å². The minimum absolute atomic E-state index is 0.183. The van der Waals surface area contributed by atoms with Gasteiger partial charge in [-0.3, -0.25) is 9.59 Å². The number of nitrogens with zero attached hydrogens (tertiary/aromatic N) is 3. The Kier molecular flexibility index (Phi) is 7.32. The van der Waals surface area contributed by atoms with E-state index in [1.54, 1.807) is 12.1 Å². The van der Waals surface area contributed by atoms with Crippen molar-refractivity contribution in [2.45, 2.75) is 39.2 Å². The maximum absolute atomic E-state index is 13.0. The van der Waals surface area contributed by atoms with Gasteiger partial charge in [0.25, 0.3) is 11.5 Å². The Balaban J connectivity index is 1.41. The molecular weight excluding hydrogens is 400 g/mol. The van der Waals surface area contributed by atoms with Gasteiger partial charge in [-0.15, -0.1) is 0 Å². The number of carbonyl (C=O) groups is 1. The fourth-order valence-electron chi connectivity index (χ4n) is 4.30. The zero-order valence-electron chi connectivity index (χ0n) is 18.8. The van der Waals surface area contributed by atoms with Gasteiger partial charge in [-0.1, -0.05) is 55.5 Å². The number of benzene rings is 2. The third-order valence-electron chi connectivity index (χ3n) is 6.32. The number of fused-ring (bicyclic) bond motifs is 1. The van der Waals surface area contributed by atoms with Crippen LogP contribution in [0.1, 0.15) is 48.7 Å². The van der Waals surface area contributed by atoms with Gasteiger partial charge in [-0.25, -0.2) is 4.68 Å². The fourth-order valence-corrected chi connectivity index (χ4v) is 4.30. The number of unbranched alkanes of at least 4 members (excludes halogenated alkanes) is 1. The summed E-state index contributed by atoms with van der Waals surface area (Å²) in [5, 5.41) is 8.59. The van der Waals surface area contributed by atoms with Crippen molar-refractivity contribution in [2.75, 3.05) is 26.2 Å². The Morgan fingerprint density at radius 3 is 2.44 bits per heavy atom. The summed E-state index contributed by atoms with van der Waals surface area (Å²) in [5.41, 5.74) is 1.09. The Morgan fingerprint density at radius 1 is 1.00 bits per heavy atom. The molecule has 2 heterocycles. The zero-order chi connectivity index (χ0) is 22.3. The summed E-state index contributed by atoms with van der Waals surface area (Å²) in [5.74, 6) is 0.618. The first-order valence-electron chi connectivity index (χ1n) is 11.7. The van der Waals surface area contributed by atoms with Crippen molar-refractivity contribution in [2.24, 2.45) is 5.92 Å². The van der Waals surface area contributed by atoms with Crippen molar-refractivity contribution < 1.29 is 4.79 Å². The SMILES string of the molecule is CC1CCN(CCCCNC(=O)c2nn(Cc3ccccc3)c(=O)c3ccccc23)CC1. The summed E-state index contributed by atoms with van der Waals surface area (Å²) in [4.78, 5) is 28.4. The molecule has 1 aromatic heterocycles. The monoisotopic (exact) mass is 432 g/mol. The molecule has 2 aromatic carbocycles. The summed E-state index contributed by atoms with van der Waals surface area (Å²) in [7, 11) is 0. The largest absolute Gasteiger partial charge is 0.351 e. The highest BCUT2D eigenvalue weighted by Crippen LogP contribution is 2.16. The highest BCUT2D eigenvalue weighted by molar-refractivity contribution is 6.04. The van der Waals surface area contributed by atoms with Gasteiger partial charge in [-0.2, -0.15) is 5.10 Å². The maximum atomic E-state index is 13.0. The summed E-state index contributed by atoms with van der Waals surface area (Å²) >= 11 is 0. The third kappa shape index (κ3) is 5.43. The maximum Gasteiger partial charge on any atom is 0.274 e. The van der Waals surface area contributed by atoms with Crippen LogP contribution in [0.4, 0.5) is 0 Å². The molecule has 6 nitrogen and oxygen atoms in total. The van der Waals surface area contributed by atoms with Crippen molar-refractivity contribution in [3.8, 4) is 0 Å². The second kappa shape index (κ2) is 10.6. The summed E-state index contributed by atoms with van der Waals surface area (Å²) in [6.07, 6.45) is 4.57. The van der Waals surface area contributed by atoms with Crippen LogP contribution in [0.2, 0.25) is 0 Å². The quantitative estimate of drug-likeness (QED) is 0.552. The van der Waals surface area contributed by atoms with E-state index in [4.69, 9.17) is 0 Å². The van der Waals surface area contributed by atoms with E-state index in [9.17, 15) is 9.59 Å². The van der Waals surface area contributed by atoms with Crippen LogP contribution >= 0.6 is 0 Å². The van der Waals surface area contributed by atoms with E-state index in [2.05, 4.69) is 22.2 Å². The lowest BCUT2D eigenvalue weighted by atomic mass is 9.99. The van der Waals surface area contributed by atoms with Crippen molar-refractivity contribution in [3.05, 3.63) is 76.2 Å². The van der Waals surface area contributed by atoms with Crippen LogP contribution in [0.25, 0.3) is 10.8 Å². The lowest BCUT2D eigenvalue weighted by Gasteiger charge is -2.30. The summed E-state index contributed by atoms with van der Waals surface area (Å²) < 4.78 is 1.39. The normalized spacial score (nSPS) is 15.2. The van der Waals surface area contributed by atoms with Gasteiger partial charge in [0.15, 0.2) is 5.69 Å². The molecule has 1 amide bonds. The molecule has 32 heavy (non-hydrogen) atoms. The smallest absolute Gasteiger partial charge is 0.274 e. The molecule has 0 unspecified atom stereocenters. The average molecular weight is 433 g/mol. The first-order chi connectivity index (χ1) is 15.6. The first-order valence-corrected chi connectivity index (χ1v) is 11.7. The Hall–Kier alpha value is -2.99. The molecule has 1 aliphatic heterocycles. The number of hydrogen-bond donors (Lipinski definition) is 1. The second-order valence-corrected chi connectivity index (χ2v) is 8.83. The molecule has 1 saturated heterocycles.